The summed E-state index contributed by atoms with van der Waals surface area (Å²) in [6.07, 6.45) is 1.84. The van der Waals surface area contributed by atoms with E-state index < -0.39 is 15.8 Å². The number of amides is 1. The van der Waals surface area contributed by atoms with Crippen molar-refractivity contribution >= 4 is 38.6 Å². The van der Waals surface area contributed by atoms with Gasteiger partial charge in [-0.25, -0.2) is 12.8 Å². The molecule has 1 amide bonds. The summed E-state index contributed by atoms with van der Waals surface area (Å²) >= 11 is 1.42. The Morgan fingerprint density at radius 2 is 2.08 bits per heavy atom. The fourth-order valence-electron chi connectivity index (χ4n) is 2.46. The summed E-state index contributed by atoms with van der Waals surface area (Å²) in [4.78, 5) is 14.2. The van der Waals surface area contributed by atoms with Gasteiger partial charge in [0.15, 0.2) is 0 Å². The molecule has 0 bridgehead atoms. The molecule has 1 aliphatic heterocycles. The van der Waals surface area contributed by atoms with E-state index in [1.165, 1.54) is 22.3 Å². The van der Waals surface area contributed by atoms with E-state index in [2.05, 4.69) is 15.4 Å². The minimum absolute atomic E-state index is 0.00571. The van der Waals surface area contributed by atoms with Crippen LogP contribution in [0.2, 0.25) is 0 Å². The fourth-order valence-corrected chi connectivity index (χ4v) is 4.10. The summed E-state index contributed by atoms with van der Waals surface area (Å²) < 4.78 is 38.4. The Kier molecular flexibility index (Phi) is 4.57. The van der Waals surface area contributed by atoms with Crippen molar-refractivity contribution in [2.45, 2.75) is 13.0 Å². The molecule has 0 saturated carbocycles. The third kappa shape index (κ3) is 3.92. The Hall–Kier alpha value is -1.97. The van der Waals surface area contributed by atoms with E-state index in [0.29, 0.717) is 4.88 Å². The van der Waals surface area contributed by atoms with Crippen molar-refractivity contribution in [2.24, 2.45) is 0 Å². The van der Waals surface area contributed by atoms with Crippen molar-refractivity contribution in [2.75, 3.05) is 22.8 Å². The summed E-state index contributed by atoms with van der Waals surface area (Å²) in [5.41, 5.74) is 1.30. The Morgan fingerprint density at radius 3 is 2.79 bits per heavy atom. The maximum absolute atomic E-state index is 13.4. The van der Waals surface area contributed by atoms with Crippen molar-refractivity contribution in [3.8, 4) is 0 Å². The standard InChI is InChI=1S/C15H16FN3O3S2/c1-24(21,22)19-12-7-10(16)2-3-11(12)18-15(20)14-6-9-8-17-5-4-13(9)23-14/h2-3,6-7,17,19H,4-5,8H2,1H3,(H,18,20). The summed E-state index contributed by atoms with van der Waals surface area (Å²) in [6, 6.07) is 5.34. The summed E-state index contributed by atoms with van der Waals surface area (Å²) in [6.45, 7) is 1.62. The zero-order chi connectivity index (χ0) is 17.3. The number of thiophene rings is 1. The molecule has 3 N–H and O–H groups in total. The SMILES string of the molecule is CS(=O)(=O)Nc1cc(F)ccc1NC(=O)c1cc2c(s1)CCNC2. The molecule has 3 rings (SSSR count). The first kappa shape index (κ1) is 16.9. The number of halogens is 1. The molecular formula is C15H16FN3O3S2. The van der Waals surface area contributed by atoms with Gasteiger partial charge in [-0.3, -0.25) is 9.52 Å². The zero-order valence-corrected chi connectivity index (χ0v) is 14.5. The topological polar surface area (TPSA) is 87.3 Å². The van der Waals surface area contributed by atoms with Crippen LogP contribution in [-0.2, 0) is 23.0 Å². The van der Waals surface area contributed by atoms with Crippen LogP contribution in [0.15, 0.2) is 24.3 Å². The van der Waals surface area contributed by atoms with Gasteiger partial charge in [-0.15, -0.1) is 11.3 Å². The molecule has 2 heterocycles. The average molecular weight is 369 g/mol. The van der Waals surface area contributed by atoms with Gasteiger partial charge in [0.1, 0.15) is 5.82 Å². The molecule has 2 aromatic rings. The molecule has 1 aliphatic rings. The van der Waals surface area contributed by atoms with E-state index in [9.17, 15) is 17.6 Å². The van der Waals surface area contributed by atoms with Crippen LogP contribution in [0.4, 0.5) is 15.8 Å². The Morgan fingerprint density at radius 1 is 1.29 bits per heavy atom. The van der Waals surface area contributed by atoms with Crippen LogP contribution in [-0.4, -0.2) is 27.1 Å². The minimum atomic E-state index is -3.59. The summed E-state index contributed by atoms with van der Waals surface area (Å²) in [5.74, 6) is -0.950. The second-order valence-electron chi connectivity index (χ2n) is 5.50. The second kappa shape index (κ2) is 6.50. The number of hydrogen-bond acceptors (Lipinski definition) is 5. The van der Waals surface area contributed by atoms with Gasteiger partial charge in [0, 0.05) is 24.0 Å². The van der Waals surface area contributed by atoms with Crippen LogP contribution in [0.1, 0.15) is 20.1 Å². The molecule has 0 atom stereocenters. The lowest BCUT2D eigenvalue weighted by Gasteiger charge is -2.11. The zero-order valence-electron chi connectivity index (χ0n) is 12.8. The molecule has 24 heavy (non-hydrogen) atoms. The van der Waals surface area contributed by atoms with Crippen LogP contribution < -0.4 is 15.4 Å². The predicted octanol–water partition coefficient (Wildman–Crippen LogP) is 2.16. The van der Waals surface area contributed by atoms with Gasteiger partial charge >= 0.3 is 0 Å². The third-order valence-corrected chi connectivity index (χ3v) is 5.32. The quantitative estimate of drug-likeness (QED) is 0.771. The normalized spacial score (nSPS) is 14.1. The highest BCUT2D eigenvalue weighted by Gasteiger charge is 2.18. The van der Waals surface area contributed by atoms with E-state index in [-0.39, 0.29) is 17.3 Å². The van der Waals surface area contributed by atoms with Gasteiger partial charge in [0.25, 0.3) is 5.91 Å². The predicted molar refractivity (Wildman–Crippen MR) is 92.5 cm³/mol. The Bertz CT molecular complexity index is 870. The lowest BCUT2D eigenvalue weighted by molar-refractivity contribution is 0.103. The van der Waals surface area contributed by atoms with Crippen LogP contribution in [0, 0.1) is 5.82 Å². The van der Waals surface area contributed by atoms with Crippen molar-refractivity contribution < 1.29 is 17.6 Å². The molecule has 1 aromatic heterocycles. The largest absolute Gasteiger partial charge is 0.319 e. The van der Waals surface area contributed by atoms with E-state index in [1.807, 2.05) is 6.07 Å². The van der Waals surface area contributed by atoms with E-state index in [0.717, 1.165) is 43.5 Å². The van der Waals surface area contributed by atoms with E-state index in [4.69, 9.17) is 0 Å². The molecule has 0 radical (unpaired) electrons. The van der Waals surface area contributed by atoms with Crippen LogP contribution in [0.5, 0.6) is 0 Å². The van der Waals surface area contributed by atoms with Gasteiger partial charge < -0.3 is 10.6 Å². The Balaban J connectivity index is 1.85. The number of carbonyl (C=O) groups excluding carboxylic acids is 1. The fraction of sp³-hybridized carbons (Fsp3) is 0.267. The maximum atomic E-state index is 13.4. The number of sulfonamides is 1. The second-order valence-corrected chi connectivity index (χ2v) is 8.39. The molecule has 128 valence electrons. The first-order valence-corrected chi connectivity index (χ1v) is 9.93. The number of carbonyl (C=O) groups is 1. The minimum Gasteiger partial charge on any atom is -0.319 e. The monoisotopic (exact) mass is 369 g/mol. The summed E-state index contributed by atoms with van der Waals surface area (Å²) in [7, 11) is -3.59. The van der Waals surface area contributed by atoms with Crippen LogP contribution in [0.25, 0.3) is 0 Å². The number of fused-ring (bicyclic) bond motifs is 1. The maximum Gasteiger partial charge on any atom is 0.265 e. The highest BCUT2D eigenvalue weighted by atomic mass is 32.2. The van der Waals surface area contributed by atoms with Gasteiger partial charge in [-0.1, -0.05) is 0 Å². The summed E-state index contributed by atoms with van der Waals surface area (Å²) in [5, 5.41) is 5.88. The van der Waals surface area contributed by atoms with Crippen molar-refractivity contribution in [3.05, 3.63) is 45.4 Å². The molecular weight excluding hydrogens is 353 g/mol. The molecule has 0 aliphatic carbocycles. The third-order valence-electron chi connectivity index (χ3n) is 3.49. The highest BCUT2D eigenvalue weighted by molar-refractivity contribution is 7.92. The molecule has 0 unspecified atom stereocenters. The molecule has 1 aromatic carbocycles. The number of hydrogen-bond donors (Lipinski definition) is 3. The number of benzene rings is 1. The van der Waals surface area contributed by atoms with Crippen molar-refractivity contribution in [1.29, 1.82) is 0 Å². The highest BCUT2D eigenvalue weighted by Crippen LogP contribution is 2.28. The Labute approximate surface area is 143 Å². The van der Waals surface area contributed by atoms with E-state index in [1.54, 1.807) is 0 Å². The molecule has 6 nitrogen and oxygen atoms in total. The number of anilines is 2. The van der Waals surface area contributed by atoms with Crippen molar-refractivity contribution in [3.63, 3.8) is 0 Å². The van der Waals surface area contributed by atoms with Gasteiger partial charge in [-0.05, 0) is 30.2 Å². The number of nitrogens with one attached hydrogen (secondary N) is 3. The van der Waals surface area contributed by atoms with Crippen LogP contribution >= 0.6 is 11.3 Å². The molecule has 0 fully saturated rings. The van der Waals surface area contributed by atoms with Crippen LogP contribution in [0.3, 0.4) is 0 Å². The lowest BCUT2D eigenvalue weighted by atomic mass is 10.1. The molecule has 9 heteroatoms. The van der Waals surface area contributed by atoms with Gasteiger partial charge in [0.2, 0.25) is 10.0 Å². The number of rotatable bonds is 4. The first-order valence-electron chi connectivity index (χ1n) is 7.23. The van der Waals surface area contributed by atoms with E-state index >= 15 is 0 Å². The van der Waals surface area contributed by atoms with Gasteiger partial charge in [-0.2, -0.15) is 0 Å². The first-order chi connectivity index (χ1) is 11.3. The molecule has 0 spiro atoms. The lowest BCUT2D eigenvalue weighted by Crippen LogP contribution is -2.21. The molecule has 0 saturated heterocycles. The van der Waals surface area contributed by atoms with Crippen molar-refractivity contribution in [1.82, 2.24) is 5.32 Å². The van der Waals surface area contributed by atoms with Gasteiger partial charge in [0.05, 0.1) is 22.5 Å². The average Bonchev–Trinajstić information content (AvgIpc) is 2.92. The smallest absolute Gasteiger partial charge is 0.265 e.